The van der Waals surface area contributed by atoms with E-state index in [2.05, 4.69) is 4.98 Å². The zero-order chi connectivity index (χ0) is 19.3. The Morgan fingerprint density at radius 1 is 1.12 bits per heavy atom. The van der Waals surface area contributed by atoms with E-state index in [1.807, 2.05) is 30.3 Å². The molecular formula is C20H23NO5. The fourth-order valence-corrected chi connectivity index (χ4v) is 2.81. The molecule has 0 aliphatic rings. The van der Waals surface area contributed by atoms with Crippen LogP contribution in [0, 0.1) is 13.8 Å². The third kappa shape index (κ3) is 4.39. The van der Waals surface area contributed by atoms with Crippen molar-refractivity contribution >= 4 is 17.7 Å². The maximum atomic E-state index is 12.6. The van der Waals surface area contributed by atoms with E-state index in [-0.39, 0.29) is 17.9 Å². The van der Waals surface area contributed by atoms with Crippen LogP contribution in [0.2, 0.25) is 0 Å². The fraction of sp³-hybridized carbons (Fsp3) is 0.350. The van der Waals surface area contributed by atoms with Gasteiger partial charge in [-0.2, -0.15) is 0 Å². The van der Waals surface area contributed by atoms with Gasteiger partial charge in [0.2, 0.25) is 5.78 Å². The molecule has 0 bridgehead atoms. The molecule has 0 aliphatic heterocycles. The Kier molecular flexibility index (Phi) is 6.33. The lowest BCUT2D eigenvalue weighted by molar-refractivity contribution is -0.146. The van der Waals surface area contributed by atoms with Crippen molar-refractivity contribution in [2.75, 3.05) is 7.11 Å². The Morgan fingerprint density at radius 2 is 1.77 bits per heavy atom. The number of H-pyrrole nitrogens is 1. The lowest BCUT2D eigenvalue weighted by atomic mass is 10.1. The SMILES string of the molecule is COC(=O)c1c(C)[nH]c(C(=O)[C@@H](C)OC(=O)CCc2ccccc2)c1C. The molecule has 0 aliphatic carbocycles. The predicted octanol–water partition coefficient (Wildman–Crippen LogP) is 3.17. The number of carbonyl (C=O) groups is 3. The molecule has 1 atom stereocenters. The molecular weight excluding hydrogens is 334 g/mol. The first-order valence-electron chi connectivity index (χ1n) is 8.40. The highest BCUT2D eigenvalue weighted by Crippen LogP contribution is 2.21. The number of ketones is 1. The van der Waals surface area contributed by atoms with Gasteiger partial charge >= 0.3 is 11.9 Å². The van der Waals surface area contributed by atoms with Gasteiger partial charge in [-0.3, -0.25) is 9.59 Å². The minimum atomic E-state index is -0.944. The first-order chi connectivity index (χ1) is 12.3. The van der Waals surface area contributed by atoms with E-state index in [1.165, 1.54) is 14.0 Å². The smallest absolute Gasteiger partial charge is 0.339 e. The minimum Gasteiger partial charge on any atom is -0.465 e. The van der Waals surface area contributed by atoms with Crippen molar-refractivity contribution in [1.82, 2.24) is 4.98 Å². The van der Waals surface area contributed by atoms with Gasteiger partial charge in [0, 0.05) is 12.1 Å². The number of nitrogens with one attached hydrogen (secondary N) is 1. The van der Waals surface area contributed by atoms with Gasteiger partial charge in [-0.05, 0) is 38.3 Å². The number of aromatic nitrogens is 1. The van der Waals surface area contributed by atoms with Crippen molar-refractivity contribution < 1.29 is 23.9 Å². The van der Waals surface area contributed by atoms with Crippen molar-refractivity contribution in [3.8, 4) is 0 Å². The van der Waals surface area contributed by atoms with E-state index >= 15 is 0 Å². The molecule has 0 saturated carbocycles. The molecule has 0 saturated heterocycles. The molecule has 1 heterocycles. The van der Waals surface area contributed by atoms with Crippen LogP contribution in [-0.2, 0) is 20.7 Å². The number of methoxy groups -OCH3 is 1. The van der Waals surface area contributed by atoms with Crippen LogP contribution < -0.4 is 0 Å². The predicted molar refractivity (Wildman–Crippen MR) is 96.3 cm³/mol. The third-order valence-corrected chi connectivity index (χ3v) is 4.21. The molecule has 1 aromatic carbocycles. The summed E-state index contributed by atoms with van der Waals surface area (Å²) in [5.74, 6) is -1.33. The number of esters is 2. The number of aryl methyl sites for hydroxylation is 2. The molecule has 0 spiro atoms. The zero-order valence-electron chi connectivity index (χ0n) is 15.4. The van der Waals surface area contributed by atoms with Crippen LogP contribution in [0.4, 0.5) is 0 Å². The molecule has 2 rings (SSSR count). The number of hydrogen-bond donors (Lipinski definition) is 1. The number of ether oxygens (including phenoxy) is 2. The second kappa shape index (κ2) is 8.47. The van der Waals surface area contributed by atoms with Gasteiger partial charge in [-0.15, -0.1) is 0 Å². The average molecular weight is 357 g/mol. The Bertz CT molecular complexity index is 807. The Balaban J connectivity index is 2.01. The van der Waals surface area contributed by atoms with E-state index in [0.29, 0.717) is 23.2 Å². The molecule has 0 radical (unpaired) electrons. The van der Waals surface area contributed by atoms with Crippen LogP contribution in [-0.4, -0.2) is 35.9 Å². The van der Waals surface area contributed by atoms with Crippen molar-refractivity contribution in [3.63, 3.8) is 0 Å². The molecule has 26 heavy (non-hydrogen) atoms. The molecule has 6 heteroatoms. The van der Waals surface area contributed by atoms with Crippen LogP contribution in [0.15, 0.2) is 30.3 Å². The largest absolute Gasteiger partial charge is 0.465 e. The number of benzene rings is 1. The number of Topliss-reactive ketones (excluding diaryl/α,β-unsaturated/α-hetero) is 1. The first kappa shape index (κ1) is 19.4. The second-order valence-corrected chi connectivity index (χ2v) is 6.10. The molecule has 0 unspecified atom stereocenters. The van der Waals surface area contributed by atoms with Gasteiger partial charge in [0.05, 0.1) is 18.4 Å². The van der Waals surface area contributed by atoms with Gasteiger partial charge < -0.3 is 14.5 Å². The van der Waals surface area contributed by atoms with E-state index < -0.39 is 18.0 Å². The van der Waals surface area contributed by atoms with Crippen LogP contribution in [0.1, 0.15) is 51.0 Å². The van der Waals surface area contributed by atoms with Gasteiger partial charge in [-0.25, -0.2) is 4.79 Å². The van der Waals surface area contributed by atoms with Crippen molar-refractivity contribution in [2.24, 2.45) is 0 Å². The quantitative estimate of drug-likeness (QED) is 0.608. The Morgan fingerprint density at radius 3 is 2.38 bits per heavy atom. The second-order valence-electron chi connectivity index (χ2n) is 6.10. The lowest BCUT2D eigenvalue weighted by Gasteiger charge is -2.12. The molecule has 6 nitrogen and oxygen atoms in total. The normalized spacial score (nSPS) is 11.7. The first-order valence-corrected chi connectivity index (χ1v) is 8.40. The van der Waals surface area contributed by atoms with E-state index in [1.54, 1.807) is 13.8 Å². The monoisotopic (exact) mass is 357 g/mol. The molecule has 1 aromatic heterocycles. The van der Waals surface area contributed by atoms with Gasteiger partial charge in [-0.1, -0.05) is 30.3 Å². The topological polar surface area (TPSA) is 85.5 Å². The summed E-state index contributed by atoms with van der Waals surface area (Å²) in [5, 5.41) is 0. The Hall–Kier alpha value is -2.89. The molecule has 1 N–H and O–H groups in total. The lowest BCUT2D eigenvalue weighted by Crippen LogP contribution is -2.25. The Labute approximate surface area is 152 Å². The van der Waals surface area contributed by atoms with Gasteiger partial charge in [0.15, 0.2) is 6.10 Å². The number of rotatable bonds is 7. The summed E-state index contributed by atoms with van der Waals surface area (Å²) < 4.78 is 9.99. The van der Waals surface area contributed by atoms with E-state index in [9.17, 15) is 14.4 Å². The summed E-state index contributed by atoms with van der Waals surface area (Å²) in [6, 6.07) is 9.58. The standard InChI is InChI=1S/C20H23NO5/c1-12-17(20(24)25-4)13(2)21-18(12)19(23)14(3)26-16(22)11-10-15-8-6-5-7-9-15/h5-9,14,21H,10-11H2,1-4H3/t14-/m1/s1. The van der Waals surface area contributed by atoms with Crippen LogP contribution >= 0.6 is 0 Å². The summed E-state index contributed by atoms with van der Waals surface area (Å²) in [5.41, 5.74) is 2.65. The van der Waals surface area contributed by atoms with Crippen LogP contribution in [0.25, 0.3) is 0 Å². The van der Waals surface area contributed by atoms with E-state index in [0.717, 1.165) is 5.56 Å². The van der Waals surface area contributed by atoms with Crippen molar-refractivity contribution in [3.05, 3.63) is 58.4 Å². The number of aromatic amines is 1. The van der Waals surface area contributed by atoms with Crippen LogP contribution in [0.3, 0.4) is 0 Å². The highest BCUT2D eigenvalue weighted by atomic mass is 16.5. The van der Waals surface area contributed by atoms with E-state index in [4.69, 9.17) is 9.47 Å². The molecule has 0 fully saturated rings. The van der Waals surface area contributed by atoms with Crippen molar-refractivity contribution in [1.29, 1.82) is 0 Å². The van der Waals surface area contributed by atoms with Gasteiger partial charge in [0.1, 0.15) is 0 Å². The maximum Gasteiger partial charge on any atom is 0.339 e. The minimum absolute atomic E-state index is 0.192. The zero-order valence-corrected chi connectivity index (χ0v) is 15.4. The maximum absolute atomic E-state index is 12.6. The summed E-state index contributed by atoms with van der Waals surface area (Å²) in [4.78, 5) is 39.3. The van der Waals surface area contributed by atoms with Crippen molar-refractivity contribution in [2.45, 2.75) is 39.7 Å². The molecule has 138 valence electrons. The highest BCUT2D eigenvalue weighted by Gasteiger charge is 2.27. The van der Waals surface area contributed by atoms with Gasteiger partial charge in [0.25, 0.3) is 0 Å². The molecule has 2 aromatic rings. The number of carbonyl (C=O) groups excluding carboxylic acids is 3. The highest BCUT2D eigenvalue weighted by molar-refractivity contribution is 6.03. The summed E-state index contributed by atoms with van der Waals surface area (Å²) in [7, 11) is 1.28. The average Bonchev–Trinajstić information content (AvgIpc) is 2.93. The summed E-state index contributed by atoms with van der Waals surface area (Å²) >= 11 is 0. The fourth-order valence-electron chi connectivity index (χ4n) is 2.81. The summed E-state index contributed by atoms with van der Waals surface area (Å²) in [6.45, 7) is 4.87. The third-order valence-electron chi connectivity index (χ3n) is 4.21. The molecule has 0 amide bonds. The summed E-state index contributed by atoms with van der Waals surface area (Å²) in [6.07, 6.45) is -0.202. The van der Waals surface area contributed by atoms with Crippen LogP contribution in [0.5, 0.6) is 0 Å². The number of hydrogen-bond acceptors (Lipinski definition) is 5.